The van der Waals surface area contributed by atoms with Crippen LogP contribution in [0.2, 0.25) is 5.02 Å². The molecule has 2 atom stereocenters. The van der Waals surface area contributed by atoms with E-state index in [1.165, 1.54) is 6.07 Å². The summed E-state index contributed by atoms with van der Waals surface area (Å²) in [6, 6.07) is 10.6. The predicted molar refractivity (Wildman–Crippen MR) is 118 cm³/mol. The molecule has 2 aliphatic rings. The van der Waals surface area contributed by atoms with Crippen LogP contribution in [-0.2, 0) is 16.0 Å². The van der Waals surface area contributed by atoms with E-state index < -0.39 is 5.97 Å². The summed E-state index contributed by atoms with van der Waals surface area (Å²) in [4.78, 5) is 15.3. The summed E-state index contributed by atoms with van der Waals surface area (Å²) < 4.78 is 20.1. The van der Waals surface area contributed by atoms with Crippen molar-refractivity contribution < 1.29 is 19.0 Å². The summed E-state index contributed by atoms with van der Waals surface area (Å²) in [6.45, 7) is 2.65. The number of aliphatic carboxylic acids is 1. The Morgan fingerprint density at radius 1 is 1.27 bits per heavy atom. The summed E-state index contributed by atoms with van der Waals surface area (Å²) in [6.07, 6.45) is 2.10. The maximum absolute atomic E-state index is 13.9. The quantitative estimate of drug-likeness (QED) is 0.626. The highest BCUT2D eigenvalue weighted by Crippen LogP contribution is 2.43. The standard InChI is InChI=1S/C22H23ClFNO3S.ClH/c23-16-3-6-20-15(10-16)11-19(18-5-4-17(24)12-21(18)29-20)28-9-8-25-7-1-2-14(13-25)22(26)27;/h3-6,10,12,14,19H,1-2,7-9,11,13H2,(H,26,27);1H/t14-,19?;/m1./s1. The van der Waals surface area contributed by atoms with Crippen LogP contribution in [-0.4, -0.2) is 42.2 Å². The third kappa shape index (κ3) is 5.48. The van der Waals surface area contributed by atoms with Gasteiger partial charge in [-0.15, -0.1) is 12.4 Å². The van der Waals surface area contributed by atoms with Gasteiger partial charge in [0.2, 0.25) is 0 Å². The van der Waals surface area contributed by atoms with Crippen molar-refractivity contribution in [1.82, 2.24) is 4.90 Å². The van der Waals surface area contributed by atoms with Gasteiger partial charge in [-0.1, -0.05) is 29.4 Å². The van der Waals surface area contributed by atoms with E-state index in [-0.39, 0.29) is 30.2 Å². The Morgan fingerprint density at radius 2 is 2.10 bits per heavy atom. The van der Waals surface area contributed by atoms with Crippen molar-refractivity contribution in [3.05, 3.63) is 58.4 Å². The van der Waals surface area contributed by atoms with Crippen LogP contribution in [0.15, 0.2) is 46.2 Å². The van der Waals surface area contributed by atoms with E-state index in [0.29, 0.717) is 31.1 Å². The number of piperidine rings is 1. The molecule has 2 aliphatic heterocycles. The zero-order valence-electron chi connectivity index (χ0n) is 16.4. The molecule has 0 aliphatic carbocycles. The normalized spacial score (nSPS) is 21.1. The van der Waals surface area contributed by atoms with Crippen LogP contribution < -0.4 is 0 Å². The number of likely N-dealkylation sites (tertiary alicyclic amines) is 1. The molecule has 4 nitrogen and oxygen atoms in total. The minimum absolute atomic E-state index is 0. The fraction of sp³-hybridized carbons (Fsp3) is 0.409. The molecule has 0 bridgehead atoms. The van der Waals surface area contributed by atoms with Gasteiger partial charge in [-0.25, -0.2) is 4.39 Å². The molecule has 1 fully saturated rings. The number of hydrogen-bond acceptors (Lipinski definition) is 4. The molecule has 0 saturated carbocycles. The lowest BCUT2D eigenvalue weighted by Crippen LogP contribution is -2.40. The summed E-state index contributed by atoms with van der Waals surface area (Å²) >= 11 is 7.74. The Bertz CT molecular complexity index is 914. The number of nitrogens with zero attached hydrogens (tertiary/aromatic N) is 1. The van der Waals surface area contributed by atoms with Crippen LogP contribution in [0.5, 0.6) is 0 Å². The summed E-state index contributed by atoms with van der Waals surface area (Å²) in [5.74, 6) is -1.28. The molecule has 8 heteroatoms. The van der Waals surface area contributed by atoms with Gasteiger partial charge in [0.1, 0.15) is 5.82 Å². The first-order chi connectivity index (χ1) is 14.0. The monoisotopic (exact) mass is 471 g/mol. The first kappa shape index (κ1) is 23.4. The van der Waals surface area contributed by atoms with Gasteiger partial charge >= 0.3 is 5.97 Å². The van der Waals surface area contributed by atoms with E-state index in [9.17, 15) is 14.3 Å². The van der Waals surface area contributed by atoms with Crippen molar-refractivity contribution >= 4 is 41.7 Å². The van der Waals surface area contributed by atoms with Crippen molar-refractivity contribution in [2.75, 3.05) is 26.2 Å². The first-order valence-electron chi connectivity index (χ1n) is 9.82. The van der Waals surface area contributed by atoms with E-state index in [4.69, 9.17) is 16.3 Å². The van der Waals surface area contributed by atoms with Crippen molar-refractivity contribution in [2.24, 2.45) is 5.92 Å². The summed E-state index contributed by atoms with van der Waals surface area (Å²) in [5, 5.41) is 9.94. The lowest BCUT2D eigenvalue weighted by atomic mass is 9.98. The number of carboxylic acid groups (broad SMARTS) is 1. The number of hydrogen-bond donors (Lipinski definition) is 1. The zero-order chi connectivity index (χ0) is 20.4. The van der Waals surface area contributed by atoms with E-state index in [2.05, 4.69) is 4.90 Å². The predicted octanol–water partition coefficient (Wildman–Crippen LogP) is 5.46. The van der Waals surface area contributed by atoms with Gasteiger partial charge in [-0.05, 0) is 60.8 Å². The molecule has 2 heterocycles. The lowest BCUT2D eigenvalue weighted by Gasteiger charge is -2.31. The molecule has 4 rings (SSSR count). The molecule has 1 unspecified atom stereocenters. The van der Waals surface area contributed by atoms with E-state index in [1.54, 1.807) is 23.9 Å². The van der Waals surface area contributed by atoms with Gasteiger partial charge in [0, 0.05) is 34.3 Å². The van der Waals surface area contributed by atoms with Crippen molar-refractivity contribution in [2.45, 2.75) is 35.2 Å². The molecule has 0 aromatic heterocycles. The number of carboxylic acids is 1. The highest BCUT2D eigenvalue weighted by molar-refractivity contribution is 7.99. The van der Waals surface area contributed by atoms with Gasteiger partial charge < -0.3 is 14.7 Å². The highest BCUT2D eigenvalue weighted by Gasteiger charge is 2.27. The summed E-state index contributed by atoms with van der Waals surface area (Å²) in [7, 11) is 0. The molecule has 30 heavy (non-hydrogen) atoms. The lowest BCUT2D eigenvalue weighted by molar-refractivity contribution is -0.143. The number of ether oxygens (including phenoxy) is 1. The first-order valence-corrected chi connectivity index (χ1v) is 11.0. The second-order valence-electron chi connectivity index (χ2n) is 7.58. The van der Waals surface area contributed by atoms with Gasteiger partial charge in [0.05, 0.1) is 18.6 Å². The van der Waals surface area contributed by atoms with Crippen molar-refractivity contribution in [3.8, 4) is 0 Å². The number of carbonyl (C=O) groups is 1. The average molecular weight is 472 g/mol. The Balaban J connectivity index is 0.00000256. The minimum Gasteiger partial charge on any atom is -0.481 e. The molecule has 2 aromatic carbocycles. The van der Waals surface area contributed by atoms with Crippen LogP contribution in [0.25, 0.3) is 0 Å². The highest BCUT2D eigenvalue weighted by atomic mass is 35.5. The molecule has 0 radical (unpaired) electrons. The van der Waals surface area contributed by atoms with Crippen molar-refractivity contribution in [3.63, 3.8) is 0 Å². The molecule has 2 aromatic rings. The van der Waals surface area contributed by atoms with Crippen LogP contribution in [0, 0.1) is 11.7 Å². The number of halogens is 3. The maximum atomic E-state index is 13.9. The van der Waals surface area contributed by atoms with E-state index in [0.717, 1.165) is 40.3 Å². The average Bonchev–Trinajstić information content (AvgIpc) is 2.84. The van der Waals surface area contributed by atoms with Gasteiger partial charge in [0.25, 0.3) is 0 Å². The second kappa shape index (κ2) is 10.3. The molecule has 1 N–H and O–H groups in total. The number of rotatable bonds is 5. The second-order valence-corrected chi connectivity index (χ2v) is 9.10. The van der Waals surface area contributed by atoms with Crippen molar-refractivity contribution in [1.29, 1.82) is 0 Å². The van der Waals surface area contributed by atoms with Crippen LogP contribution in [0.3, 0.4) is 0 Å². The fourth-order valence-electron chi connectivity index (χ4n) is 4.03. The third-order valence-electron chi connectivity index (χ3n) is 5.55. The molecule has 162 valence electrons. The largest absolute Gasteiger partial charge is 0.481 e. The van der Waals surface area contributed by atoms with Gasteiger partial charge in [0.15, 0.2) is 0 Å². The summed E-state index contributed by atoms with van der Waals surface area (Å²) in [5.41, 5.74) is 2.07. The molecular weight excluding hydrogens is 448 g/mol. The Labute approximate surface area is 191 Å². The zero-order valence-corrected chi connectivity index (χ0v) is 18.7. The molecule has 0 spiro atoms. The van der Waals surface area contributed by atoms with E-state index in [1.807, 2.05) is 18.2 Å². The van der Waals surface area contributed by atoms with Crippen LogP contribution >= 0.6 is 35.8 Å². The topological polar surface area (TPSA) is 49.8 Å². The third-order valence-corrected chi connectivity index (χ3v) is 6.98. The van der Waals surface area contributed by atoms with Crippen LogP contribution in [0.4, 0.5) is 4.39 Å². The van der Waals surface area contributed by atoms with Gasteiger partial charge in [-0.3, -0.25) is 4.79 Å². The number of fused-ring (bicyclic) bond motifs is 2. The van der Waals surface area contributed by atoms with Crippen LogP contribution in [0.1, 0.15) is 30.1 Å². The maximum Gasteiger partial charge on any atom is 0.307 e. The Hall–Kier alpha value is -1.31. The molecular formula is C22H24Cl2FNO3S. The molecule has 0 amide bonds. The minimum atomic E-state index is -0.721. The smallest absolute Gasteiger partial charge is 0.307 e. The van der Waals surface area contributed by atoms with E-state index >= 15 is 0 Å². The molecule has 1 saturated heterocycles. The van der Waals surface area contributed by atoms with Gasteiger partial charge in [-0.2, -0.15) is 0 Å². The number of benzene rings is 2. The Kier molecular flexibility index (Phi) is 8.04. The SMILES string of the molecule is Cl.O=C(O)[C@@H]1CCCN(CCOC2Cc3cc(Cl)ccc3Sc3cc(F)ccc32)C1. The Morgan fingerprint density at radius 3 is 2.90 bits per heavy atom. The fourth-order valence-corrected chi connectivity index (χ4v) is 5.36.